The third-order valence-corrected chi connectivity index (χ3v) is 0. The van der Waals surface area contributed by atoms with Crippen molar-refractivity contribution in [3.05, 3.63) is 0 Å². The van der Waals surface area contributed by atoms with Gasteiger partial charge in [-0.05, 0) is 0 Å². The Kier molecular flexibility index (Phi) is 1.97. The Morgan fingerprint density at radius 3 is 1.20 bits per heavy atom. The summed E-state index contributed by atoms with van der Waals surface area (Å²) >= 11 is 2.26. The van der Waals surface area contributed by atoms with Crippen LogP contribution in [0.25, 0.3) is 0 Å². The van der Waals surface area contributed by atoms with Crippen LogP contribution in [0.3, 0.4) is 0 Å². The second kappa shape index (κ2) is 1.64. The average molecular weight is 201 g/mol. The molecule has 0 aliphatic carbocycles. The van der Waals surface area contributed by atoms with Gasteiger partial charge in [0.1, 0.15) is 0 Å². The van der Waals surface area contributed by atoms with E-state index in [1.54, 1.807) is 0 Å². The Morgan fingerprint density at radius 1 is 1.20 bits per heavy atom. The van der Waals surface area contributed by atoms with Crippen LogP contribution in [0.1, 0.15) is 0 Å². The van der Waals surface area contributed by atoms with Crippen molar-refractivity contribution in [2.75, 3.05) is 0 Å². The van der Waals surface area contributed by atoms with Gasteiger partial charge >= 0.3 is 46.8 Å². The molecule has 0 atom stereocenters. The number of hydrogen-bond acceptors (Lipinski definition) is 0. The van der Waals surface area contributed by atoms with Crippen LogP contribution in [0, 0.1) is 0 Å². The molecule has 0 aromatic carbocycles. The van der Waals surface area contributed by atoms with Crippen molar-refractivity contribution in [2.45, 2.75) is 19.6 Å². The Bertz CT molecular complexity index is 22.4. The van der Waals surface area contributed by atoms with Crippen LogP contribution >= 0.6 is 0 Å². The van der Waals surface area contributed by atoms with E-state index >= 15 is 0 Å². The van der Waals surface area contributed by atoms with Gasteiger partial charge in [0.15, 0.2) is 0 Å². The second-order valence-electron chi connectivity index (χ2n) is 2.11. The van der Waals surface area contributed by atoms with Gasteiger partial charge in [-0.25, -0.2) is 0 Å². The second-order valence-corrected chi connectivity index (χ2v) is 16.8. The number of rotatable bonds is 0. The molecule has 0 N–H and O–H groups in total. The molecule has 0 spiro atoms. The Balaban J connectivity index is 3.02. The van der Waals surface area contributed by atoms with Crippen molar-refractivity contribution in [3.8, 4) is 0 Å². The van der Waals surface area contributed by atoms with E-state index in [-0.39, 0.29) is 0 Å². The van der Waals surface area contributed by atoms with E-state index in [9.17, 15) is 0 Å². The summed E-state index contributed by atoms with van der Waals surface area (Å²) in [5.41, 5.74) is -0.601. The van der Waals surface area contributed by atoms with E-state index < -0.39 is 5.62 Å². The maximum absolute atomic E-state index is 2.33. The Labute approximate surface area is 47.0 Å². The van der Waals surface area contributed by atoms with Gasteiger partial charge in [-0.3, -0.25) is 0 Å². The predicted octanol–water partition coefficient (Wildman–Crippen LogP) is 0.990. The van der Waals surface area contributed by atoms with Gasteiger partial charge < -0.3 is 0 Å². The third kappa shape index (κ3) is 44.7. The molecule has 0 aliphatic heterocycles. The van der Waals surface area contributed by atoms with Crippen LogP contribution in [0.2, 0.25) is 19.6 Å². The van der Waals surface area contributed by atoms with E-state index in [0.29, 0.717) is 0 Å². The minimum atomic E-state index is -0.601. The Morgan fingerprint density at radius 2 is 1.20 bits per heavy atom. The summed E-state index contributed by atoms with van der Waals surface area (Å²) in [6.07, 6.45) is 0. The Hall–Kier alpha value is 1.01. The van der Waals surface area contributed by atoms with Gasteiger partial charge in [-0.2, -0.15) is 0 Å². The van der Waals surface area contributed by atoms with Crippen molar-refractivity contribution >= 4 is 27.1 Å². The molecule has 2 heteroatoms. The zero-order chi connectivity index (χ0) is 4.50. The van der Waals surface area contributed by atoms with Gasteiger partial charge in [0, 0.05) is 0 Å². The first kappa shape index (κ1) is 6.01. The normalized spacial score (nSPS) is 12.0. The summed E-state index contributed by atoms with van der Waals surface area (Å²) in [6.45, 7) is 6.99. The molecule has 0 heterocycles. The zero-order valence-corrected chi connectivity index (χ0v) is 7.24. The molecule has 0 fully saturated rings. The molecule has 0 aliphatic rings. The van der Waals surface area contributed by atoms with Crippen LogP contribution in [0.4, 0.5) is 0 Å². The summed E-state index contributed by atoms with van der Waals surface area (Å²) in [6, 6.07) is 0. The molecule has 0 saturated carbocycles. The fourth-order valence-electron chi connectivity index (χ4n) is 0. The molecule has 0 aromatic rings. The van der Waals surface area contributed by atoms with Crippen molar-refractivity contribution in [2.24, 2.45) is 0 Å². The topological polar surface area (TPSA) is 0 Å². The first-order chi connectivity index (χ1) is 2.00. The van der Waals surface area contributed by atoms with Crippen LogP contribution in [0.15, 0.2) is 0 Å². The van der Waals surface area contributed by atoms with Crippen LogP contribution < -0.4 is 0 Å². The predicted molar refractivity (Wildman–Crippen MR) is 29.1 cm³/mol. The van der Waals surface area contributed by atoms with Crippen LogP contribution in [0.5, 0.6) is 0 Å². The van der Waals surface area contributed by atoms with Gasteiger partial charge in [0.2, 0.25) is 0 Å². The fourth-order valence-corrected chi connectivity index (χ4v) is 0. The maximum atomic E-state index is 2.33. The van der Waals surface area contributed by atoms with Gasteiger partial charge in [-0.15, -0.1) is 0 Å². The van der Waals surface area contributed by atoms with Gasteiger partial charge in [-0.1, -0.05) is 0 Å². The molecule has 0 aromatic heterocycles. The molecule has 1 radical (unpaired) electrons. The number of hydrogen-bond donors (Lipinski definition) is 0. The molecule has 5 heavy (non-hydrogen) atoms. The molecule has 31 valence electrons. The fraction of sp³-hybridized carbons (Fsp3) is 1.00. The minimum absolute atomic E-state index is 0.601. The quantitative estimate of drug-likeness (QED) is 0.512. The van der Waals surface area contributed by atoms with E-state index in [1.165, 1.54) is 0 Å². The first-order valence-electron chi connectivity index (χ1n) is 1.70. The standard InChI is InChI=1S/C3H9SiTe/c1-4(2,3)5/h1-3H3. The van der Waals surface area contributed by atoms with Crippen LogP contribution in [-0.2, 0) is 0 Å². The van der Waals surface area contributed by atoms with E-state index in [1.807, 2.05) is 0 Å². The monoisotopic (exact) mass is 203 g/mol. The summed E-state index contributed by atoms with van der Waals surface area (Å²) in [4.78, 5) is 0. The summed E-state index contributed by atoms with van der Waals surface area (Å²) < 4.78 is 0. The molecule has 0 bridgehead atoms. The molecule has 0 unspecified atom stereocenters. The molecule has 0 nitrogen and oxygen atoms in total. The zero-order valence-electron chi connectivity index (χ0n) is 3.91. The molecular weight excluding hydrogens is 192 g/mol. The van der Waals surface area contributed by atoms with Crippen molar-refractivity contribution in [1.82, 2.24) is 0 Å². The van der Waals surface area contributed by atoms with Crippen molar-refractivity contribution < 1.29 is 0 Å². The molecule has 0 amide bonds. The molecule has 0 saturated heterocycles. The summed E-state index contributed by atoms with van der Waals surface area (Å²) in [7, 11) is 0. The van der Waals surface area contributed by atoms with Crippen molar-refractivity contribution in [3.63, 3.8) is 0 Å². The average Bonchev–Trinajstić information content (AvgIpc) is 0.722. The van der Waals surface area contributed by atoms with Crippen LogP contribution in [-0.4, -0.2) is 27.1 Å². The van der Waals surface area contributed by atoms with Gasteiger partial charge in [0.25, 0.3) is 0 Å². The third-order valence-electron chi connectivity index (χ3n) is 0. The van der Waals surface area contributed by atoms with Crippen molar-refractivity contribution in [1.29, 1.82) is 0 Å². The molecular formula is C3H9SiTe. The van der Waals surface area contributed by atoms with E-state index in [2.05, 4.69) is 41.1 Å². The first-order valence-corrected chi connectivity index (χ1v) is 8.61. The summed E-state index contributed by atoms with van der Waals surface area (Å²) in [5, 5.41) is 0. The molecule has 0 rings (SSSR count). The van der Waals surface area contributed by atoms with E-state index in [0.717, 1.165) is 0 Å². The van der Waals surface area contributed by atoms with Gasteiger partial charge in [0.05, 0.1) is 0 Å². The van der Waals surface area contributed by atoms with E-state index in [4.69, 9.17) is 0 Å². The summed E-state index contributed by atoms with van der Waals surface area (Å²) in [5.74, 6) is 0. The SMILES string of the molecule is C[Si](C)(C)[Te].